The zero-order valence-electron chi connectivity index (χ0n) is 8.04. The van der Waals surface area contributed by atoms with Gasteiger partial charge in [-0.2, -0.15) is 13.2 Å². The van der Waals surface area contributed by atoms with Crippen molar-refractivity contribution in [3.63, 3.8) is 0 Å². The highest BCUT2D eigenvalue weighted by molar-refractivity contribution is 5.13. The first kappa shape index (κ1) is 12.9. The Bertz CT molecular complexity index is 343. The van der Waals surface area contributed by atoms with Crippen molar-refractivity contribution < 1.29 is 27.4 Å². The number of pyridine rings is 1. The third kappa shape index (κ3) is 4.54. The molecule has 0 amide bonds. The molecule has 1 N–H and O–H groups in total. The Labute approximate surface area is 88.7 Å². The quantitative estimate of drug-likeness (QED) is 0.815. The molecule has 0 spiro atoms. The number of hydrogen-bond donors (Lipinski definition) is 1. The summed E-state index contributed by atoms with van der Waals surface area (Å²) in [7, 11) is 0. The Morgan fingerprint density at radius 2 is 2.06 bits per heavy atom. The van der Waals surface area contributed by atoms with Gasteiger partial charge in [-0.25, -0.2) is 4.39 Å². The fourth-order valence-electron chi connectivity index (χ4n) is 0.993. The first-order chi connectivity index (χ1) is 7.38. The molecule has 90 valence electrons. The summed E-state index contributed by atoms with van der Waals surface area (Å²) < 4.78 is 52.0. The van der Waals surface area contributed by atoms with Crippen LogP contribution in [-0.2, 0) is 4.74 Å². The number of alkyl halides is 3. The average Bonchev–Trinajstić information content (AvgIpc) is 2.15. The van der Waals surface area contributed by atoms with Crippen molar-refractivity contribution in [3.8, 4) is 0 Å². The zero-order valence-corrected chi connectivity index (χ0v) is 8.04. The molecular formula is C9H9F4NO2. The smallest absolute Gasteiger partial charge is 0.386 e. The van der Waals surface area contributed by atoms with Crippen molar-refractivity contribution in [1.82, 2.24) is 4.98 Å². The lowest BCUT2D eigenvalue weighted by Gasteiger charge is -2.12. The first-order valence-corrected chi connectivity index (χ1v) is 4.31. The summed E-state index contributed by atoms with van der Waals surface area (Å²) in [5, 5.41) is 9.34. The second kappa shape index (κ2) is 5.22. The van der Waals surface area contributed by atoms with Gasteiger partial charge in [0.15, 0.2) is 0 Å². The lowest BCUT2D eigenvalue weighted by Crippen LogP contribution is -2.19. The standard InChI is InChI=1S/C9H9F4NO2/c10-7-1-6(2-14-3-7)8(15)4-16-5-9(11,12)13/h1-3,8,15H,4-5H2. The van der Waals surface area contributed by atoms with Gasteiger partial charge in [-0.1, -0.05) is 0 Å². The molecule has 0 radical (unpaired) electrons. The summed E-state index contributed by atoms with van der Waals surface area (Å²) >= 11 is 0. The monoisotopic (exact) mass is 239 g/mol. The number of halogens is 4. The summed E-state index contributed by atoms with van der Waals surface area (Å²) in [5.41, 5.74) is 0.0715. The highest BCUT2D eigenvalue weighted by Gasteiger charge is 2.27. The third-order valence-corrected chi connectivity index (χ3v) is 1.65. The molecule has 1 aromatic rings. The molecule has 0 fully saturated rings. The van der Waals surface area contributed by atoms with E-state index in [0.717, 1.165) is 18.5 Å². The topological polar surface area (TPSA) is 42.4 Å². The van der Waals surface area contributed by atoms with Gasteiger partial charge in [0.25, 0.3) is 0 Å². The molecule has 0 aliphatic heterocycles. The SMILES string of the molecule is OC(COCC(F)(F)F)c1cncc(F)c1. The molecule has 0 saturated carbocycles. The van der Waals surface area contributed by atoms with Crippen LogP contribution in [0.15, 0.2) is 18.5 Å². The van der Waals surface area contributed by atoms with E-state index in [1.54, 1.807) is 0 Å². The largest absolute Gasteiger partial charge is 0.411 e. The van der Waals surface area contributed by atoms with E-state index in [1.807, 2.05) is 0 Å². The maximum absolute atomic E-state index is 12.6. The van der Waals surface area contributed by atoms with Crippen LogP contribution in [0.3, 0.4) is 0 Å². The Morgan fingerprint density at radius 3 is 2.62 bits per heavy atom. The van der Waals surface area contributed by atoms with Gasteiger partial charge < -0.3 is 9.84 Å². The summed E-state index contributed by atoms with van der Waals surface area (Å²) in [6, 6.07) is 0.981. The average molecular weight is 239 g/mol. The third-order valence-electron chi connectivity index (χ3n) is 1.65. The summed E-state index contributed by atoms with van der Waals surface area (Å²) in [6.45, 7) is -2.02. The molecule has 1 rings (SSSR count). The Balaban J connectivity index is 2.44. The minimum Gasteiger partial charge on any atom is -0.386 e. The number of nitrogens with zero attached hydrogens (tertiary/aromatic N) is 1. The summed E-state index contributed by atoms with van der Waals surface area (Å²) in [6.07, 6.45) is -3.69. The van der Waals surface area contributed by atoms with Gasteiger partial charge in [-0.05, 0) is 6.07 Å². The van der Waals surface area contributed by atoms with Crippen LogP contribution in [0.2, 0.25) is 0 Å². The molecule has 0 aliphatic carbocycles. The predicted molar refractivity (Wildman–Crippen MR) is 46.0 cm³/mol. The minimum atomic E-state index is -4.44. The molecule has 0 aromatic carbocycles. The van der Waals surface area contributed by atoms with Gasteiger partial charge in [0.05, 0.1) is 12.8 Å². The fraction of sp³-hybridized carbons (Fsp3) is 0.444. The van der Waals surface area contributed by atoms with Crippen molar-refractivity contribution in [2.75, 3.05) is 13.2 Å². The van der Waals surface area contributed by atoms with Gasteiger partial charge in [0, 0.05) is 11.8 Å². The molecule has 0 saturated heterocycles. The number of ether oxygens (including phenoxy) is 1. The van der Waals surface area contributed by atoms with E-state index in [4.69, 9.17) is 0 Å². The number of aliphatic hydroxyl groups excluding tert-OH is 1. The molecule has 0 bridgehead atoms. The fourth-order valence-corrected chi connectivity index (χ4v) is 0.993. The minimum absolute atomic E-state index is 0.0715. The van der Waals surface area contributed by atoms with Gasteiger partial charge in [-0.3, -0.25) is 4.98 Å². The zero-order chi connectivity index (χ0) is 12.2. The van der Waals surface area contributed by atoms with E-state index in [0.29, 0.717) is 0 Å². The van der Waals surface area contributed by atoms with Crippen LogP contribution >= 0.6 is 0 Å². The molecule has 1 heterocycles. The van der Waals surface area contributed by atoms with Gasteiger partial charge in [0.2, 0.25) is 0 Å². The second-order valence-electron chi connectivity index (χ2n) is 3.08. The van der Waals surface area contributed by atoms with Crippen molar-refractivity contribution in [2.45, 2.75) is 12.3 Å². The van der Waals surface area contributed by atoms with E-state index in [9.17, 15) is 22.7 Å². The van der Waals surface area contributed by atoms with Crippen LogP contribution < -0.4 is 0 Å². The first-order valence-electron chi connectivity index (χ1n) is 4.31. The van der Waals surface area contributed by atoms with Gasteiger partial charge in [-0.15, -0.1) is 0 Å². The highest BCUT2D eigenvalue weighted by atomic mass is 19.4. The second-order valence-corrected chi connectivity index (χ2v) is 3.08. The van der Waals surface area contributed by atoms with Crippen LogP contribution in [-0.4, -0.2) is 29.5 Å². The molecule has 3 nitrogen and oxygen atoms in total. The summed E-state index contributed by atoms with van der Waals surface area (Å²) in [5.74, 6) is -0.674. The normalized spacial score (nSPS) is 13.8. The van der Waals surface area contributed by atoms with E-state index < -0.39 is 31.3 Å². The number of aromatic nitrogens is 1. The Hall–Kier alpha value is -1.21. The molecule has 1 aromatic heterocycles. The van der Waals surface area contributed by atoms with Crippen molar-refractivity contribution in [3.05, 3.63) is 29.8 Å². The van der Waals surface area contributed by atoms with Crippen LogP contribution in [0.5, 0.6) is 0 Å². The lowest BCUT2D eigenvalue weighted by atomic mass is 10.2. The molecular weight excluding hydrogens is 230 g/mol. The van der Waals surface area contributed by atoms with Crippen LogP contribution in [0, 0.1) is 5.82 Å². The maximum atomic E-state index is 12.6. The Morgan fingerprint density at radius 1 is 1.38 bits per heavy atom. The molecule has 1 atom stereocenters. The van der Waals surface area contributed by atoms with E-state index >= 15 is 0 Å². The summed E-state index contributed by atoms with van der Waals surface area (Å²) in [4.78, 5) is 3.45. The van der Waals surface area contributed by atoms with Gasteiger partial charge >= 0.3 is 6.18 Å². The van der Waals surface area contributed by atoms with Crippen LogP contribution in [0.1, 0.15) is 11.7 Å². The molecule has 7 heteroatoms. The molecule has 16 heavy (non-hydrogen) atoms. The van der Waals surface area contributed by atoms with Gasteiger partial charge in [0.1, 0.15) is 18.5 Å². The van der Waals surface area contributed by atoms with Crippen LogP contribution in [0.25, 0.3) is 0 Å². The Kier molecular flexibility index (Phi) is 4.19. The predicted octanol–water partition coefficient (Wildman–Crippen LogP) is 1.83. The highest BCUT2D eigenvalue weighted by Crippen LogP contribution is 2.17. The number of aliphatic hydroxyl groups is 1. The van der Waals surface area contributed by atoms with E-state index in [1.165, 1.54) is 0 Å². The number of rotatable bonds is 4. The van der Waals surface area contributed by atoms with E-state index in [2.05, 4.69) is 9.72 Å². The molecule has 0 aliphatic rings. The van der Waals surface area contributed by atoms with Crippen molar-refractivity contribution in [1.29, 1.82) is 0 Å². The molecule has 1 unspecified atom stereocenters. The van der Waals surface area contributed by atoms with Crippen LogP contribution in [0.4, 0.5) is 17.6 Å². The number of hydrogen-bond acceptors (Lipinski definition) is 3. The maximum Gasteiger partial charge on any atom is 0.411 e. The van der Waals surface area contributed by atoms with Crippen molar-refractivity contribution >= 4 is 0 Å². The lowest BCUT2D eigenvalue weighted by molar-refractivity contribution is -0.179. The van der Waals surface area contributed by atoms with Crippen molar-refractivity contribution in [2.24, 2.45) is 0 Å². The van der Waals surface area contributed by atoms with E-state index in [-0.39, 0.29) is 5.56 Å².